The van der Waals surface area contributed by atoms with Crippen LogP contribution in [0, 0.1) is 11.8 Å². The molecule has 2 fully saturated rings. The maximum atomic E-state index is 14.2. The van der Waals surface area contributed by atoms with E-state index < -0.39 is 15.3 Å². The third-order valence-corrected chi connectivity index (χ3v) is 18.9. The van der Waals surface area contributed by atoms with E-state index in [9.17, 15) is 19.2 Å². The molecule has 0 radical (unpaired) electrons. The second kappa shape index (κ2) is 20.6. The molecule has 2 aromatic heterocycles. The number of nitrogens with one attached hydrogen (secondary N) is 1. The predicted octanol–water partition coefficient (Wildman–Crippen LogP) is 11.1. The second-order valence-electron chi connectivity index (χ2n) is 22.9. The Bertz CT molecular complexity index is 3940. The van der Waals surface area contributed by atoms with Gasteiger partial charge < -0.3 is 24.7 Å². The van der Waals surface area contributed by atoms with E-state index >= 15 is 0 Å². The number of aromatic nitrogens is 2. The number of hydrogen-bond donors (Lipinski definition) is 1. The van der Waals surface area contributed by atoms with Gasteiger partial charge >= 0.3 is 0 Å². The summed E-state index contributed by atoms with van der Waals surface area (Å²) in [5, 5.41) is 2.30. The first kappa shape index (κ1) is 51.8. The molecule has 1 atom stereocenters. The fraction of sp³-hybridized carbons (Fsp3) is 0.265. The maximum Gasteiger partial charge on any atom is 0.277 e. The molecule has 0 bridgehead atoms. The summed E-state index contributed by atoms with van der Waals surface area (Å²) in [6, 6.07) is 56.2. The van der Waals surface area contributed by atoms with Crippen LogP contribution in [0.3, 0.4) is 0 Å². The monoisotopic (exact) mass is 1130 g/mol. The summed E-state index contributed by atoms with van der Waals surface area (Å²) in [6.07, 6.45) is 12.8. The summed E-state index contributed by atoms with van der Waals surface area (Å²) in [5.74, 6) is 1.01. The lowest BCUT2D eigenvalue weighted by atomic mass is 9.83. The molecule has 6 aliphatic carbocycles. The Morgan fingerprint density at radius 1 is 0.524 bits per heavy atom. The van der Waals surface area contributed by atoms with E-state index in [0.717, 1.165) is 49.8 Å². The second-order valence-corrected chi connectivity index (χ2v) is 24.2. The van der Waals surface area contributed by atoms with Crippen LogP contribution in [0.5, 0.6) is 11.5 Å². The van der Waals surface area contributed by atoms with Crippen molar-refractivity contribution in [2.24, 2.45) is 11.8 Å². The van der Waals surface area contributed by atoms with Crippen molar-refractivity contribution in [3.05, 3.63) is 275 Å². The highest BCUT2D eigenvalue weighted by Gasteiger charge is 2.61. The summed E-state index contributed by atoms with van der Waals surface area (Å²) < 4.78 is 15.4. The number of amides is 2. The number of pyridine rings is 2. The van der Waals surface area contributed by atoms with Crippen LogP contribution in [0.25, 0.3) is 6.08 Å². The van der Waals surface area contributed by atoms with Crippen LogP contribution >= 0.6 is 23.2 Å². The molecule has 82 heavy (non-hydrogen) atoms. The number of halogens is 2. The van der Waals surface area contributed by atoms with E-state index in [1.807, 2.05) is 82.4 Å². The molecule has 2 amide bonds. The average molecular weight is 1130 g/mol. The van der Waals surface area contributed by atoms with Gasteiger partial charge in [0, 0.05) is 37.6 Å². The summed E-state index contributed by atoms with van der Waals surface area (Å²) in [6.45, 7) is 2.74. The van der Waals surface area contributed by atoms with Gasteiger partial charge in [0.2, 0.25) is 10.9 Å². The molecule has 0 saturated heterocycles. The number of fused-ring (bicyclic) bond motifs is 12. The minimum Gasteiger partial charge on any atom is -0.482 e. The number of carbonyl (C=O) groups excluding carboxylic acids is 2. The summed E-state index contributed by atoms with van der Waals surface area (Å²) in [5.41, 5.74) is 15.6. The quantitative estimate of drug-likeness (QED) is 0.127. The molecule has 14 heteroatoms. The molecule has 12 nitrogen and oxygen atoms in total. The lowest BCUT2D eigenvalue weighted by Crippen LogP contribution is -2.62. The molecule has 1 unspecified atom stereocenters. The minimum atomic E-state index is -0.587. The van der Waals surface area contributed by atoms with Gasteiger partial charge in [-0.25, -0.2) is 0 Å². The topological polar surface area (TPSA) is 118 Å². The smallest absolute Gasteiger partial charge is 0.277 e. The number of benzene rings is 6. The van der Waals surface area contributed by atoms with Crippen molar-refractivity contribution in [1.29, 1.82) is 0 Å². The lowest BCUT2D eigenvalue weighted by molar-refractivity contribution is 0.0654. The Morgan fingerprint density at radius 3 is 1.63 bits per heavy atom. The lowest BCUT2D eigenvalue weighted by Gasteiger charge is -2.49. The zero-order valence-electron chi connectivity index (χ0n) is 45.2. The van der Waals surface area contributed by atoms with Crippen molar-refractivity contribution in [2.45, 2.75) is 73.4 Å². The van der Waals surface area contributed by atoms with Crippen molar-refractivity contribution < 1.29 is 19.1 Å². The largest absolute Gasteiger partial charge is 0.482 e. The molecule has 2 aliphatic heterocycles. The van der Waals surface area contributed by atoms with Gasteiger partial charge in [0.15, 0.2) is 22.9 Å². The molecule has 8 aromatic rings. The first-order valence-corrected chi connectivity index (χ1v) is 29.2. The normalized spacial score (nSPS) is 21.8. The van der Waals surface area contributed by atoms with Gasteiger partial charge in [0.1, 0.15) is 37.0 Å². The fourth-order valence-corrected chi connectivity index (χ4v) is 14.2. The number of carbonyl (C=O) groups is 2. The highest BCUT2D eigenvalue weighted by Crippen LogP contribution is 2.62. The summed E-state index contributed by atoms with van der Waals surface area (Å²) >= 11 is 13.9. The number of nitrogens with zero attached hydrogens (tertiary/aromatic N) is 5. The average Bonchev–Trinajstić information content (AvgIpc) is 2.22. The zero-order chi connectivity index (χ0) is 55.7. The van der Waals surface area contributed by atoms with Gasteiger partial charge in [0.05, 0.1) is 4.87 Å². The number of alkyl halides is 2. The zero-order valence-corrected chi connectivity index (χ0v) is 46.7. The van der Waals surface area contributed by atoms with E-state index in [2.05, 4.69) is 101 Å². The molecule has 1 N–H and O–H groups in total. The molecule has 6 aromatic carbocycles. The Labute approximate surface area is 485 Å². The van der Waals surface area contributed by atoms with Crippen LogP contribution in [0.2, 0.25) is 0 Å². The van der Waals surface area contributed by atoms with Gasteiger partial charge in [-0.05, 0) is 118 Å². The van der Waals surface area contributed by atoms with Gasteiger partial charge in [-0.15, -0.1) is 23.2 Å². The fourth-order valence-electron chi connectivity index (χ4n) is 13.3. The number of hydrogen-bond acceptors (Lipinski definition) is 8. The SMILES string of the molecule is ClC12Cc3ccccc3C1(Cl)c1ccccc1C2.O=C1c2c(OCc3ccccc3)c(=O)ccn2N(C23C(=Cc4ccccc42)Cc2ccccc23)CN1CC1CC1.O=C1c2c(OCc3ccccc3)c(=O)ccn2NCN1CC1CC1. The van der Waals surface area contributed by atoms with Gasteiger partial charge in [-0.2, -0.15) is 0 Å². The van der Waals surface area contributed by atoms with Crippen molar-refractivity contribution in [2.75, 3.05) is 36.9 Å². The molecule has 8 aliphatic rings. The molecular formula is C68H60Cl2N6O6. The van der Waals surface area contributed by atoms with Crippen LogP contribution in [0.4, 0.5) is 0 Å². The Balaban J connectivity index is 0.000000121. The molecule has 16 rings (SSSR count). The van der Waals surface area contributed by atoms with Crippen molar-refractivity contribution in [1.82, 2.24) is 19.2 Å². The Hall–Kier alpha value is -8.32. The predicted molar refractivity (Wildman–Crippen MR) is 319 cm³/mol. The van der Waals surface area contributed by atoms with Gasteiger partial charge in [0.25, 0.3) is 11.8 Å². The van der Waals surface area contributed by atoms with E-state index in [1.165, 1.54) is 75.1 Å². The number of ether oxygens (including phenoxy) is 2. The summed E-state index contributed by atoms with van der Waals surface area (Å²) in [4.78, 5) is 55.3. The first-order chi connectivity index (χ1) is 40.0. The van der Waals surface area contributed by atoms with Crippen LogP contribution in [0.1, 0.15) is 102 Å². The van der Waals surface area contributed by atoms with E-state index in [0.29, 0.717) is 37.4 Å². The third kappa shape index (κ3) is 8.80. The molecular weight excluding hydrogens is 1070 g/mol. The standard InChI is InChI=1S/C34H29N3O3.C18H19N3O3.C16H12Cl2/c38-30-16-17-36-31(32(30)40-21-24-8-2-1-3-9-24)33(39)35(20-23-14-15-23)22-37(36)34-27(18-25-10-4-6-12-28(25)34)19-26-11-5-7-13-29(26)34;22-15-8-9-21-16(17(15)24-11-14-4-2-1-3-5-14)18(23)20(12-19-21)10-13-6-7-13;17-15-9-11-5-1-3-7-13(11)16(15,18)14-8-4-2-6-12(14)10-15/h1-13,16-18,23H,14-15,19-22H2;1-5,8-9,13,19H,6-7,10-12H2;1-8H,9-10H2. The van der Waals surface area contributed by atoms with E-state index in [1.54, 1.807) is 22.0 Å². The van der Waals surface area contributed by atoms with Crippen LogP contribution in [-0.4, -0.2) is 62.3 Å². The number of rotatable bonds is 11. The Kier molecular flexibility index (Phi) is 13.0. The van der Waals surface area contributed by atoms with Crippen LogP contribution < -0.4 is 30.8 Å². The summed E-state index contributed by atoms with van der Waals surface area (Å²) in [7, 11) is 0. The van der Waals surface area contributed by atoms with Gasteiger partial charge in [-0.3, -0.25) is 33.5 Å². The molecule has 412 valence electrons. The van der Waals surface area contributed by atoms with Crippen molar-refractivity contribution >= 4 is 41.1 Å². The molecule has 4 heterocycles. The minimum absolute atomic E-state index is 0.111. The van der Waals surface area contributed by atoms with Crippen LogP contribution in [-0.2, 0) is 42.9 Å². The maximum absolute atomic E-state index is 14.2. The molecule has 0 spiro atoms. The van der Waals surface area contributed by atoms with Crippen molar-refractivity contribution in [3.63, 3.8) is 0 Å². The first-order valence-electron chi connectivity index (χ1n) is 28.4. The third-order valence-electron chi connectivity index (χ3n) is 17.5. The highest BCUT2D eigenvalue weighted by molar-refractivity contribution is 6.38. The Morgan fingerprint density at radius 2 is 1.02 bits per heavy atom. The highest BCUT2D eigenvalue weighted by atomic mass is 35.5. The van der Waals surface area contributed by atoms with Crippen LogP contribution in [0.15, 0.2) is 197 Å². The van der Waals surface area contributed by atoms with E-state index in [4.69, 9.17) is 32.7 Å². The van der Waals surface area contributed by atoms with Crippen molar-refractivity contribution in [3.8, 4) is 11.5 Å². The molecule has 2 saturated carbocycles. The van der Waals surface area contributed by atoms with Gasteiger partial charge in [-0.1, -0.05) is 164 Å². The van der Waals surface area contributed by atoms with E-state index in [-0.39, 0.29) is 53.1 Å².